The number of carboxylic acid groups (broad SMARTS) is 1. The van der Waals surface area contributed by atoms with Crippen LogP contribution in [-0.4, -0.2) is 15.6 Å². The van der Waals surface area contributed by atoms with E-state index in [1.54, 1.807) is 0 Å². The summed E-state index contributed by atoms with van der Waals surface area (Å²) in [6.45, 7) is 1.37. The molecule has 0 aromatic carbocycles. The molecule has 0 aliphatic carbocycles. The zero-order valence-electron chi connectivity index (χ0n) is 7.20. The van der Waals surface area contributed by atoms with Crippen LogP contribution in [0.25, 0.3) is 0 Å². The maximum absolute atomic E-state index is 11.4. The molecule has 0 unspecified atom stereocenters. The molecule has 0 fully saturated rings. The maximum atomic E-state index is 11.4. The Morgan fingerprint density at radius 3 is 2.64 bits per heavy atom. The largest absolute Gasteiger partial charge is 0.480 e. The standard InChI is InChI=1S/C8H7Cl2NO3/c1-4(8(13)14)11-3-5(9)2-6(10)7(11)12/h2-4H,1H3,(H,13,14)/t4-/m1/s1. The topological polar surface area (TPSA) is 59.3 Å². The number of halogens is 2. The fraction of sp³-hybridized carbons (Fsp3) is 0.250. The van der Waals surface area contributed by atoms with Crippen LogP contribution in [0, 0.1) is 0 Å². The van der Waals surface area contributed by atoms with Crippen LogP contribution in [-0.2, 0) is 4.79 Å². The van der Waals surface area contributed by atoms with E-state index < -0.39 is 17.6 Å². The van der Waals surface area contributed by atoms with Crippen LogP contribution in [0.3, 0.4) is 0 Å². The van der Waals surface area contributed by atoms with E-state index in [-0.39, 0.29) is 10.0 Å². The first kappa shape index (κ1) is 11.1. The summed E-state index contributed by atoms with van der Waals surface area (Å²) < 4.78 is 0.979. The van der Waals surface area contributed by atoms with Crippen LogP contribution in [0.2, 0.25) is 10.0 Å². The number of carbonyl (C=O) groups is 1. The second-order valence-electron chi connectivity index (χ2n) is 2.73. The number of hydrogen-bond acceptors (Lipinski definition) is 2. The van der Waals surface area contributed by atoms with Crippen LogP contribution >= 0.6 is 23.2 Å². The summed E-state index contributed by atoms with van der Waals surface area (Å²) in [6.07, 6.45) is 1.24. The summed E-state index contributed by atoms with van der Waals surface area (Å²) in [6, 6.07) is 0.287. The Labute approximate surface area is 89.7 Å². The molecule has 0 spiro atoms. The molecule has 0 saturated carbocycles. The highest BCUT2D eigenvalue weighted by Gasteiger charge is 2.16. The van der Waals surface area contributed by atoms with Gasteiger partial charge in [-0.3, -0.25) is 9.36 Å². The number of carboxylic acids is 1. The molecule has 1 N–H and O–H groups in total. The number of hydrogen-bond donors (Lipinski definition) is 1. The van der Waals surface area contributed by atoms with Gasteiger partial charge in [-0.2, -0.15) is 0 Å². The molecule has 0 bridgehead atoms. The first-order valence-electron chi connectivity index (χ1n) is 3.73. The summed E-state index contributed by atoms with van der Waals surface area (Å²) in [5.41, 5.74) is -0.564. The Hall–Kier alpha value is -1.00. The van der Waals surface area contributed by atoms with Gasteiger partial charge in [-0.15, -0.1) is 0 Å². The molecule has 1 aromatic heterocycles. The van der Waals surface area contributed by atoms with Crippen molar-refractivity contribution in [3.05, 3.63) is 32.7 Å². The lowest BCUT2D eigenvalue weighted by Gasteiger charge is -2.10. The third-order valence-corrected chi connectivity index (χ3v) is 2.22. The molecule has 6 heteroatoms. The summed E-state index contributed by atoms with van der Waals surface area (Å²) in [5, 5.41) is 8.83. The highest BCUT2D eigenvalue weighted by molar-refractivity contribution is 6.34. The van der Waals surface area contributed by atoms with Crippen molar-refractivity contribution >= 4 is 29.2 Å². The van der Waals surface area contributed by atoms with Crippen molar-refractivity contribution in [1.82, 2.24) is 4.57 Å². The summed E-state index contributed by atoms with van der Waals surface area (Å²) in [7, 11) is 0. The molecule has 0 amide bonds. The van der Waals surface area contributed by atoms with Gasteiger partial charge in [0.15, 0.2) is 0 Å². The second-order valence-corrected chi connectivity index (χ2v) is 3.58. The fourth-order valence-electron chi connectivity index (χ4n) is 0.942. The number of aromatic nitrogens is 1. The summed E-state index contributed by atoms with van der Waals surface area (Å²) >= 11 is 11.2. The van der Waals surface area contributed by atoms with Crippen molar-refractivity contribution in [1.29, 1.82) is 0 Å². The van der Waals surface area contributed by atoms with Gasteiger partial charge in [0.25, 0.3) is 5.56 Å². The summed E-state index contributed by atoms with van der Waals surface area (Å²) in [4.78, 5) is 22.0. The quantitative estimate of drug-likeness (QED) is 0.851. The highest BCUT2D eigenvalue weighted by Crippen LogP contribution is 2.14. The van der Waals surface area contributed by atoms with E-state index in [1.165, 1.54) is 19.2 Å². The van der Waals surface area contributed by atoms with E-state index in [0.29, 0.717) is 0 Å². The van der Waals surface area contributed by atoms with Crippen LogP contribution in [0.15, 0.2) is 17.1 Å². The molecule has 1 heterocycles. The van der Waals surface area contributed by atoms with Gasteiger partial charge < -0.3 is 5.11 Å². The minimum Gasteiger partial charge on any atom is -0.480 e. The van der Waals surface area contributed by atoms with Gasteiger partial charge in [-0.25, -0.2) is 4.79 Å². The molecule has 1 rings (SSSR count). The van der Waals surface area contributed by atoms with E-state index in [9.17, 15) is 9.59 Å². The van der Waals surface area contributed by atoms with Crippen molar-refractivity contribution < 1.29 is 9.90 Å². The average molecular weight is 236 g/mol. The SMILES string of the molecule is C[C@H](C(=O)O)n1cc(Cl)cc(Cl)c1=O. The van der Waals surface area contributed by atoms with Gasteiger partial charge in [-0.1, -0.05) is 23.2 Å². The Bertz CT molecular complexity index is 427. The first-order valence-corrected chi connectivity index (χ1v) is 4.49. The molecule has 14 heavy (non-hydrogen) atoms. The number of aliphatic carboxylic acids is 1. The zero-order valence-corrected chi connectivity index (χ0v) is 8.71. The van der Waals surface area contributed by atoms with Gasteiger partial charge in [0.05, 0.1) is 5.02 Å². The van der Waals surface area contributed by atoms with Crippen molar-refractivity contribution in [2.24, 2.45) is 0 Å². The Morgan fingerprint density at radius 1 is 1.57 bits per heavy atom. The molecule has 1 aromatic rings. The average Bonchev–Trinajstić information content (AvgIpc) is 2.09. The van der Waals surface area contributed by atoms with E-state index in [2.05, 4.69) is 0 Å². The van der Waals surface area contributed by atoms with Crippen LogP contribution in [0.5, 0.6) is 0 Å². The molecule has 4 nitrogen and oxygen atoms in total. The zero-order chi connectivity index (χ0) is 10.9. The van der Waals surface area contributed by atoms with E-state index in [1.807, 2.05) is 0 Å². The Balaban J connectivity index is 3.34. The van der Waals surface area contributed by atoms with Gasteiger partial charge in [0.1, 0.15) is 11.1 Å². The molecular formula is C8H7Cl2NO3. The third-order valence-electron chi connectivity index (χ3n) is 1.74. The smallest absolute Gasteiger partial charge is 0.326 e. The first-order chi connectivity index (χ1) is 6.43. The lowest BCUT2D eigenvalue weighted by molar-refractivity contribution is -0.140. The molecule has 0 saturated heterocycles. The van der Waals surface area contributed by atoms with Crippen molar-refractivity contribution in [3.8, 4) is 0 Å². The van der Waals surface area contributed by atoms with Gasteiger partial charge in [0, 0.05) is 6.20 Å². The second kappa shape index (κ2) is 4.02. The lowest BCUT2D eigenvalue weighted by Crippen LogP contribution is -2.27. The summed E-state index contributed by atoms with van der Waals surface area (Å²) in [5.74, 6) is -1.12. The molecule has 1 atom stereocenters. The molecule has 0 aliphatic heterocycles. The number of nitrogens with zero attached hydrogens (tertiary/aromatic N) is 1. The Kier molecular flexibility index (Phi) is 3.18. The van der Waals surface area contributed by atoms with Crippen molar-refractivity contribution in [2.75, 3.05) is 0 Å². The molecular weight excluding hydrogens is 229 g/mol. The normalized spacial score (nSPS) is 12.5. The van der Waals surface area contributed by atoms with Gasteiger partial charge in [0.2, 0.25) is 0 Å². The van der Waals surface area contributed by atoms with Gasteiger partial charge >= 0.3 is 5.97 Å². The van der Waals surface area contributed by atoms with E-state index in [0.717, 1.165) is 4.57 Å². The highest BCUT2D eigenvalue weighted by atomic mass is 35.5. The third kappa shape index (κ3) is 2.08. The minimum atomic E-state index is -1.12. The predicted octanol–water partition coefficient (Wildman–Crippen LogP) is 1.80. The van der Waals surface area contributed by atoms with Gasteiger partial charge in [-0.05, 0) is 13.0 Å². The Morgan fingerprint density at radius 2 is 2.14 bits per heavy atom. The number of rotatable bonds is 2. The predicted molar refractivity (Wildman–Crippen MR) is 53.1 cm³/mol. The molecule has 0 radical (unpaired) electrons. The molecule has 76 valence electrons. The minimum absolute atomic E-state index is 0.0920. The number of pyridine rings is 1. The monoisotopic (exact) mass is 235 g/mol. The van der Waals surface area contributed by atoms with Crippen LogP contribution < -0.4 is 5.56 Å². The fourth-order valence-corrected chi connectivity index (χ4v) is 1.43. The lowest BCUT2D eigenvalue weighted by atomic mass is 10.3. The van der Waals surface area contributed by atoms with Crippen LogP contribution in [0.1, 0.15) is 13.0 Å². The van der Waals surface area contributed by atoms with Crippen molar-refractivity contribution in [3.63, 3.8) is 0 Å². The van der Waals surface area contributed by atoms with Crippen molar-refractivity contribution in [2.45, 2.75) is 13.0 Å². The maximum Gasteiger partial charge on any atom is 0.326 e. The van der Waals surface area contributed by atoms with E-state index >= 15 is 0 Å². The molecule has 0 aliphatic rings. The van der Waals surface area contributed by atoms with E-state index in [4.69, 9.17) is 28.3 Å². The van der Waals surface area contributed by atoms with Crippen LogP contribution in [0.4, 0.5) is 0 Å².